The zero-order chi connectivity index (χ0) is 42.5. The van der Waals surface area contributed by atoms with Gasteiger partial charge in [0.2, 0.25) is 0 Å². The van der Waals surface area contributed by atoms with Crippen molar-refractivity contribution < 1.29 is 37.6 Å². The van der Waals surface area contributed by atoms with Crippen molar-refractivity contribution in [3.63, 3.8) is 0 Å². The van der Waals surface area contributed by atoms with E-state index in [1.807, 2.05) is 0 Å². The van der Waals surface area contributed by atoms with E-state index in [-0.39, 0.29) is 25.6 Å². The van der Waals surface area contributed by atoms with E-state index in [9.17, 15) is 19.0 Å². The van der Waals surface area contributed by atoms with E-state index in [0.29, 0.717) is 19.4 Å². The van der Waals surface area contributed by atoms with Gasteiger partial charge in [-0.2, -0.15) is 0 Å². The highest BCUT2D eigenvalue weighted by Gasteiger charge is 2.26. The van der Waals surface area contributed by atoms with Crippen molar-refractivity contribution in [1.29, 1.82) is 0 Å². The van der Waals surface area contributed by atoms with Crippen molar-refractivity contribution in [1.82, 2.24) is 5.32 Å². The third kappa shape index (κ3) is 44.3. The number of likely N-dealkylation sites (N-methyl/N-ethyl adjacent to an activating group) is 1. The van der Waals surface area contributed by atoms with Crippen LogP contribution in [0.5, 0.6) is 0 Å². The van der Waals surface area contributed by atoms with E-state index in [2.05, 4.69) is 31.3 Å². The van der Waals surface area contributed by atoms with E-state index < -0.39 is 26.5 Å². The Morgan fingerprint density at radius 1 is 0.517 bits per heavy atom. The molecular formula is C48H94NO8P. The summed E-state index contributed by atoms with van der Waals surface area (Å²) in [7, 11) is -2.64. The standard InChI is InChI=1S/C48H94NO8P/c1-4-6-8-10-12-14-16-18-20-21-22-23-24-25-27-28-30-32-34-36-38-40-47(50)54-44-46(45-56-58(52,53)55-43-42-49-3)57-48(51)41-39-37-35-33-31-29-26-19-17-15-13-11-9-7-5-2/h18,20,46,49H,4-17,19,21-45H2,1-3H3,(H,52,53)/b20-18-. The van der Waals surface area contributed by atoms with Gasteiger partial charge in [0, 0.05) is 19.4 Å². The van der Waals surface area contributed by atoms with Crippen LogP contribution in [0.1, 0.15) is 245 Å². The van der Waals surface area contributed by atoms with E-state index in [4.69, 9.17) is 18.5 Å². The van der Waals surface area contributed by atoms with Crippen LogP contribution in [0.25, 0.3) is 0 Å². The average molecular weight is 844 g/mol. The molecule has 0 aliphatic carbocycles. The molecule has 0 aromatic rings. The smallest absolute Gasteiger partial charge is 0.462 e. The maximum atomic E-state index is 12.6. The molecule has 0 aromatic heterocycles. The highest BCUT2D eigenvalue weighted by molar-refractivity contribution is 7.47. The Balaban J connectivity index is 4.08. The first kappa shape index (κ1) is 56.8. The minimum absolute atomic E-state index is 0.0133. The number of rotatable bonds is 47. The van der Waals surface area contributed by atoms with Crippen LogP contribution in [0, 0.1) is 0 Å². The summed E-state index contributed by atoms with van der Waals surface area (Å²) < 4.78 is 33.3. The number of esters is 2. The predicted molar refractivity (Wildman–Crippen MR) is 243 cm³/mol. The maximum absolute atomic E-state index is 12.6. The minimum atomic E-state index is -4.35. The van der Waals surface area contributed by atoms with E-state index in [1.54, 1.807) is 7.05 Å². The summed E-state index contributed by atoms with van der Waals surface area (Å²) in [6.45, 7) is 4.27. The molecular weight excluding hydrogens is 750 g/mol. The second-order valence-electron chi connectivity index (χ2n) is 16.7. The molecule has 9 nitrogen and oxygen atoms in total. The highest BCUT2D eigenvalue weighted by atomic mass is 31.2. The summed E-state index contributed by atoms with van der Waals surface area (Å²) in [5.41, 5.74) is 0. The average Bonchev–Trinajstić information content (AvgIpc) is 3.21. The first-order valence-corrected chi connectivity index (χ1v) is 26.1. The fraction of sp³-hybridized carbons (Fsp3) is 0.917. The van der Waals surface area contributed by atoms with E-state index in [0.717, 1.165) is 32.1 Å². The summed E-state index contributed by atoms with van der Waals surface area (Å²) in [5.74, 6) is -0.792. The molecule has 344 valence electrons. The van der Waals surface area contributed by atoms with Gasteiger partial charge < -0.3 is 19.7 Å². The first-order valence-electron chi connectivity index (χ1n) is 24.6. The van der Waals surface area contributed by atoms with Crippen LogP contribution in [0.3, 0.4) is 0 Å². The Labute approximate surface area is 358 Å². The number of unbranched alkanes of at least 4 members (excludes halogenated alkanes) is 31. The second kappa shape index (κ2) is 45.3. The number of carbonyl (C=O) groups is 2. The lowest BCUT2D eigenvalue weighted by Crippen LogP contribution is -2.29. The number of hydrogen-bond acceptors (Lipinski definition) is 8. The first-order chi connectivity index (χ1) is 28.3. The summed E-state index contributed by atoms with van der Waals surface area (Å²) in [6, 6.07) is 0. The van der Waals surface area contributed by atoms with Crippen molar-refractivity contribution in [2.75, 3.05) is 33.4 Å². The fourth-order valence-corrected chi connectivity index (χ4v) is 7.89. The Morgan fingerprint density at radius 2 is 0.879 bits per heavy atom. The molecule has 10 heteroatoms. The highest BCUT2D eigenvalue weighted by Crippen LogP contribution is 2.43. The lowest BCUT2D eigenvalue weighted by Gasteiger charge is -2.20. The van der Waals surface area contributed by atoms with E-state index >= 15 is 0 Å². The van der Waals surface area contributed by atoms with Gasteiger partial charge in [0.15, 0.2) is 6.10 Å². The lowest BCUT2D eigenvalue weighted by atomic mass is 10.0. The Morgan fingerprint density at radius 3 is 1.28 bits per heavy atom. The monoisotopic (exact) mass is 844 g/mol. The molecule has 0 bridgehead atoms. The van der Waals surface area contributed by atoms with Gasteiger partial charge in [-0.15, -0.1) is 0 Å². The number of nitrogens with one attached hydrogen (secondary N) is 1. The molecule has 58 heavy (non-hydrogen) atoms. The van der Waals surface area contributed by atoms with Gasteiger partial charge >= 0.3 is 19.8 Å². The van der Waals surface area contributed by atoms with Gasteiger partial charge in [-0.1, -0.05) is 206 Å². The molecule has 0 saturated carbocycles. The van der Waals surface area contributed by atoms with Crippen LogP contribution < -0.4 is 5.32 Å². The number of phosphoric acid groups is 1. The number of ether oxygens (including phenoxy) is 2. The normalized spacial score (nSPS) is 13.2. The second-order valence-corrected chi connectivity index (χ2v) is 18.1. The Kier molecular flexibility index (Phi) is 44.3. The third-order valence-electron chi connectivity index (χ3n) is 10.9. The number of hydrogen-bond donors (Lipinski definition) is 2. The predicted octanol–water partition coefficient (Wildman–Crippen LogP) is 14.4. The van der Waals surface area contributed by atoms with Gasteiger partial charge in [-0.05, 0) is 45.6 Å². The summed E-state index contributed by atoms with van der Waals surface area (Å²) >= 11 is 0. The molecule has 0 amide bonds. The molecule has 0 radical (unpaired) electrons. The van der Waals surface area contributed by atoms with Crippen molar-refractivity contribution >= 4 is 19.8 Å². The molecule has 0 aliphatic heterocycles. The van der Waals surface area contributed by atoms with Crippen molar-refractivity contribution in [2.45, 2.75) is 251 Å². The molecule has 2 N–H and O–H groups in total. The van der Waals surface area contributed by atoms with Gasteiger partial charge in [-0.25, -0.2) is 4.57 Å². The van der Waals surface area contributed by atoms with Gasteiger partial charge in [0.1, 0.15) is 6.61 Å². The Hall–Kier alpha value is -1.25. The van der Waals surface area contributed by atoms with Gasteiger partial charge in [0.05, 0.1) is 13.2 Å². The van der Waals surface area contributed by atoms with Crippen LogP contribution in [0.2, 0.25) is 0 Å². The Bertz CT molecular complexity index is 964. The van der Waals surface area contributed by atoms with Crippen LogP contribution in [-0.4, -0.2) is 56.3 Å². The molecule has 0 aliphatic rings. The van der Waals surface area contributed by atoms with Gasteiger partial charge in [0.25, 0.3) is 0 Å². The molecule has 2 unspecified atom stereocenters. The zero-order valence-corrected chi connectivity index (χ0v) is 39.2. The summed E-state index contributed by atoms with van der Waals surface area (Å²) in [6.07, 6.45) is 46.8. The molecule has 0 heterocycles. The molecule has 0 saturated heterocycles. The minimum Gasteiger partial charge on any atom is -0.462 e. The maximum Gasteiger partial charge on any atom is 0.472 e. The van der Waals surface area contributed by atoms with Crippen LogP contribution in [0.4, 0.5) is 0 Å². The quantitative estimate of drug-likeness (QED) is 0.0267. The lowest BCUT2D eigenvalue weighted by molar-refractivity contribution is -0.161. The molecule has 0 aromatic carbocycles. The number of phosphoric ester groups is 1. The fourth-order valence-electron chi connectivity index (χ4n) is 7.14. The van der Waals surface area contributed by atoms with E-state index in [1.165, 1.54) is 180 Å². The van der Waals surface area contributed by atoms with Gasteiger partial charge in [-0.3, -0.25) is 18.6 Å². The van der Waals surface area contributed by atoms with Crippen molar-refractivity contribution in [2.24, 2.45) is 0 Å². The largest absolute Gasteiger partial charge is 0.472 e. The number of allylic oxidation sites excluding steroid dienone is 2. The number of carbonyl (C=O) groups excluding carboxylic acids is 2. The van der Waals surface area contributed by atoms with Crippen LogP contribution in [-0.2, 0) is 32.7 Å². The SMILES string of the molecule is CCCCCCCC/C=C\CCCCCCCCCCCCCC(=O)OCC(COP(=O)(O)OCCNC)OC(=O)CCCCCCCCCCCCCCCCC. The van der Waals surface area contributed by atoms with Crippen LogP contribution in [0.15, 0.2) is 12.2 Å². The third-order valence-corrected chi connectivity index (χ3v) is 11.9. The molecule has 0 fully saturated rings. The molecule has 0 spiro atoms. The summed E-state index contributed by atoms with van der Waals surface area (Å²) in [4.78, 5) is 35.2. The zero-order valence-electron chi connectivity index (χ0n) is 38.3. The van der Waals surface area contributed by atoms with Crippen molar-refractivity contribution in [3.8, 4) is 0 Å². The van der Waals surface area contributed by atoms with Crippen molar-refractivity contribution in [3.05, 3.63) is 12.2 Å². The topological polar surface area (TPSA) is 120 Å². The molecule has 0 rings (SSSR count). The van der Waals surface area contributed by atoms with Crippen LogP contribution >= 0.6 is 7.82 Å². The summed E-state index contributed by atoms with van der Waals surface area (Å²) in [5, 5.41) is 2.83. The molecule has 2 atom stereocenters.